The minimum absolute atomic E-state index is 1.01. The maximum absolute atomic E-state index is 9.69. The summed E-state index contributed by atoms with van der Waals surface area (Å²) in [4.78, 5) is 19.1. The fourth-order valence-corrected chi connectivity index (χ4v) is 0.0873. The van der Waals surface area contributed by atoms with Crippen LogP contribution in [0.5, 0.6) is 0 Å². The van der Waals surface area contributed by atoms with Crippen molar-refractivity contribution in [3.8, 4) is 0 Å². The maximum Gasteiger partial charge on any atom is 0.413 e. The molecule has 0 bridgehead atoms. The highest BCUT2D eigenvalue weighted by molar-refractivity contribution is 6.32. The number of carbonyl (C=O) groups excluding carboxylic acids is 1. The molecule has 0 radical (unpaired) electrons. The third-order valence-corrected chi connectivity index (χ3v) is 0.360. The van der Waals surface area contributed by atoms with Gasteiger partial charge in [-0.1, -0.05) is 0 Å². The van der Waals surface area contributed by atoms with Gasteiger partial charge in [0.25, 0.3) is 0 Å². The molecule has 0 rings (SSSR count). The molecule has 0 aromatic rings. The highest BCUT2D eigenvalue weighted by atomic mass is 16.5. The molecular formula is C2H3BO4. The van der Waals surface area contributed by atoms with Crippen molar-refractivity contribution >= 4 is 20.0 Å². The van der Waals surface area contributed by atoms with E-state index in [0.717, 1.165) is 8.05 Å². The maximum atomic E-state index is 9.69. The van der Waals surface area contributed by atoms with E-state index in [0.29, 0.717) is 0 Å². The molecule has 0 heterocycles. The number of aliphatic carboxylic acids is 1. The van der Waals surface area contributed by atoms with Gasteiger partial charge in [0.1, 0.15) is 0 Å². The predicted molar refractivity (Wildman–Crippen MR) is 22.3 cm³/mol. The van der Waals surface area contributed by atoms with Gasteiger partial charge >= 0.3 is 20.0 Å². The summed E-state index contributed by atoms with van der Waals surface area (Å²) in [7, 11) is 1.01. The van der Waals surface area contributed by atoms with Crippen LogP contribution in [0.15, 0.2) is 0 Å². The van der Waals surface area contributed by atoms with E-state index in [-0.39, 0.29) is 0 Å². The number of hydrogen-bond acceptors (Lipinski definition) is 3. The number of hydrogen-bond donors (Lipinski definition) is 1. The second-order valence-electron chi connectivity index (χ2n) is 0.797. The molecule has 0 fully saturated rings. The fourth-order valence-electron chi connectivity index (χ4n) is 0.0873. The summed E-state index contributed by atoms with van der Waals surface area (Å²) >= 11 is 0. The standard InChI is InChI=1S/C2H3BO4/c3-7-2(6)1(4)5/h3H2,(H,4,5). The van der Waals surface area contributed by atoms with Crippen LogP contribution in [0.2, 0.25) is 0 Å². The van der Waals surface area contributed by atoms with Crippen LogP contribution in [-0.2, 0) is 14.2 Å². The molecule has 0 aromatic carbocycles. The lowest BCUT2D eigenvalue weighted by Gasteiger charge is -1.86. The lowest BCUT2D eigenvalue weighted by molar-refractivity contribution is -0.157. The van der Waals surface area contributed by atoms with Crippen molar-refractivity contribution < 1.29 is 19.3 Å². The first-order valence-electron chi connectivity index (χ1n) is 1.49. The summed E-state index contributed by atoms with van der Waals surface area (Å²) in [5.41, 5.74) is 0. The van der Waals surface area contributed by atoms with Gasteiger partial charge in [-0.25, -0.2) is 9.59 Å². The molecule has 0 saturated heterocycles. The normalized spacial score (nSPS) is 7.43. The molecular weight excluding hydrogens is 98.8 g/mol. The quantitative estimate of drug-likeness (QED) is 0.288. The molecule has 0 saturated carbocycles. The monoisotopic (exact) mass is 102 g/mol. The molecule has 0 aliphatic heterocycles. The Hall–Kier alpha value is -0.995. The SMILES string of the molecule is BOC(=O)C(=O)O. The van der Waals surface area contributed by atoms with Crippen LogP contribution < -0.4 is 0 Å². The molecule has 0 aliphatic rings. The van der Waals surface area contributed by atoms with Crippen LogP contribution in [-0.4, -0.2) is 25.1 Å². The van der Waals surface area contributed by atoms with Gasteiger partial charge in [-0.2, -0.15) is 0 Å². The molecule has 0 unspecified atom stereocenters. The molecule has 0 aliphatic carbocycles. The van der Waals surface area contributed by atoms with Crippen LogP contribution in [0.3, 0.4) is 0 Å². The zero-order valence-electron chi connectivity index (χ0n) is 3.67. The summed E-state index contributed by atoms with van der Waals surface area (Å²) in [5.74, 6) is -2.80. The van der Waals surface area contributed by atoms with Gasteiger partial charge in [0.05, 0.1) is 0 Å². The van der Waals surface area contributed by atoms with Gasteiger partial charge in [-0.05, 0) is 0 Å². The van der Waals surface area contributed by atoms with Crippen LogP contribution >= 0.6 is 0 Å². The van der Waals surface area contributed by atoms with Gasteiger partial charge in [-0.3, -0.25) is 0 Å². The van der Waals surface area contributed by atoms with Crippen LogP contribution in [0.1, 0.15) is 0 Å². The summed E-state index contributed by atoms with van der Waals surface area (Å²) in [6.07, 6.45) is 0. The first-order valence-corrected chi connectivity index (χ1v) is 1.49. The van der Waals surface area contributed by atoms with Crippen LogP contribution in [0.25, 0.3) is 0 Å². The number of carboxylic acid groups (broad SMARTS) is 1. The molecule has 4 nitrogen and oxygen atoms in total. The van der Waals surface area contributed by atoms with E-state index < -0.39 is 11.9 Å². The summed E-state index contributed by atoms with van der Waals surface area (Å²) in [6, 6.07) is 0. The van der Waals surface area contributed by atoms with Gasteiger partial charge < -0.3 is 9.76 Å². The first kappa shape index (κ1) is 6.00. The van der Waals surface area contributed by atoms with Crippen molar-refractivity contribution in [1.82, 2.24) is 0 Å². The molecule has 1 N–H and O–H groups in total. The van der Waals surface area contributed by atoms with Crippen LogP contribution in [0.4, 0.5) is 0 Å². The molecule has 0 amide bonds. The lowest BCUT2D eigenvalue weighted by Crippen LogP contribution is -2.14. The van der Waals surface area contributed by atoms with E-state index in [1.54, 1.807) is 0 Å². The van der Waals surface area contributed by atoms with E-state index in [9.17, 15) is 9.59 Å². The summed E-state index contributed by atoms with van der Waals surface area (Å²) in [6.45, 7) is 0. The Bertz CT molecular complexity index is 97.9. The molecule has 38 valence electrons. The van der Waals surface area contributed by atoms with Gasteiger partial charge in [0.2, 0.25) is 0 Å². The zero-order chi connectivity index (χ0) is 5.86. The Balaban J connectivity index is 3.58. The number of carbonyl (C=O) groups is 2. The average Bonchev–Trinajstić information content (AvgIpc) is 1.65. The van der Waals surface area contributed by atoms with Crippen molar-refractivity contribution in [1.29, 1.82) is 0 Å². The topological polar surface area (TPSA) is 63.6 Å². The third kappa shape index (κ3) is 1.80. The minimum Gasteiger partial charge on any atom is -0.535 e. The van der Waals surface area contributed by atoms with Crippen molar-refractivity contribution in [2.45, 2.75) is 0 Å². The van der Waals surface area contributed by atoms with Crippen molar-refractivity contribution in [2.75, 3.05) is 0 Å². The number of rotatable bonds is 0. The highest BCUT2D eigenvalue weighted by Gasteiger charge is 2.07. The smallest absolute Gasteiger partial charge is 0.413 e. The Morgan fingerprint density at radius 2 is 2.00 bits per heavy atom. The average molecular weight is 102 g/mol. The van der Waals surface area contributed by atoms with Crippen molar-refractivity contribution in [3.05, 3.63) is 0 Å². The van der Waals surface area contributed by atoms with Crippen LogP contribution in [0, 0.1) is 0 Å². The zero-order valence-corrected chi connectivity index (χ0v) is 3.67. The largest absolute Gasteiger partial charge is 0.535 e. The fraction of sp³-hybridized carbons (Fsp3) is 0. The van der Waals surface area contributed by atoms with Gasteiger partial charge in [0.15, 0.2) is 0 Å². The van der Waals surface area contributed by atoms with E-state index in [1.807, 2.05) is 0 Å². The summed E-state index contributed by atoms with van der Waals surface area (Å²) in [5, 5.41) is 7.71. The van der Waals surface area contributed by atoms with E-state index in [2.05, 4.69) is 4.65 Å². The Morgan fingerprint density at radius 1 is 1.57 bits per heavy atom. The Labute approximate surface area is 40.5 Å². The second kappa shape index (κ2) is 2.23. The second-order valence-corrected chi connectivity index (χ2v) is 0.797. The first-order chi connectivity index (χ1) is 3.18. The molecule has 0 atom stereocenters. The van der Waals surface area contributed by atoms with Gasteiger partial charge in [-0.15, -0.1) is 0 Å². The van der Waals surface area contributed by atoms with Gasteiger partial charge in [0, 0.05) is 0 Å². The third-order valence-electron chi connectivity index (χ3n) is 0.360. The van der Waals surface area contributed by atoms with Crippen molar-refractivity contribution in [3.63, 3.8) is 0 Å². The van der Waals surface area contributed by atoms with E-state index in [1.165, 1.54) is 0 Å². The molecule has 0 aromatic heterocycles. The Kier molecular flexibility index (Phi) is 1.91. The highest BCUT2D eigenvalue weighted by Crippen LogP contribution is 1.67. The van der Waals surface area contributed by atoms with E-state index in [4.69, 9.17) is 5.11 Å². The molecule has 7 heavy (non-hydrogen) atoms. The minimum atomic E-state index is -1.57. The summed E-state index contributed by atoms with van der Waals surface area (Å²) < 4.78 is 3.77. The van der Waals surface area contributed by atoms with E-state index >= 15 is 0 Å². The van der Waals surface area contributed by atoms with Crippen molar-refractivity contribution in [2.24, 2.45) is 0 Å². The number of carboxylic acids is 1. The predicted octanol–water partition coefficient (Wildman–Crippen LogP) is -1.84. The molecule has 5 heteroatoms. The lowest BCUT2D eigenvalue weighted by atomic mass is 10.5. The Morgan fingerprint density at radius 3 is 2.00 bits per heavy atom. The molecule has 0 spiro atoms.